The van der Waals surface area contributed by atoms with Gasteiger partial charge in [-0.25, -0.2) is 26.3 Å². The van der Waals surface area contributed by atoms with E-state index in [4.69, 9.17) is 0 Å². The van der Waals surface area contributed by atoms with Gasteiger partial charge in [-0.3, -0.25) is 0 Å². The Kier molecular flexibility index (Phi) is 9.42. The number of unbranched alkanes of at least 4 members (excludes halogenated alkanes) is 2. The average molecular weight is 579 g/mol. The molecule has 0 saturated heterocycles. The highest BCUT2D eigenvalue weighted by molar-refractivity contribution is 5.45. The number of halogens is 8. The van der Waals surface area contributed by atoms with Crippen LogP contribution in [0.3, 0.4) is 0 Å². The maximum absolute atomic E-state index is 14.7. The fourth-order valence-corrected chi connectivity index (χ4v) is 4.59. The molecule has 9 heteroatoms. The molecule has 0 fully saturated rings. The number of alkyl halides is 2. The van der Waals surface area contributed by atoms with Gasteiger partial charge in [-0.15, -0.1) is 0 Å². The third-order valence-corrected chi connectivity index (χ3v) is 6.80. The highest BCUT2D eigenvalue weighted by Crippen LogP contribution is 2.38. The van der Waals surface area contributed by atoms with E-state index < -0.39 is 64.2 Å². The fraction of sp³-hybridized carbons (Fsp3) is 0.312. The van der Waals surface area contributed by atoms with Gasteiger partial charge in [-0.05, 0) is 67.2 Å². The van der Waals surface area contributed by atoms with Crippen molar-refractivity contribution in [2.45, 2.75) is 57.5 Å². The van der Waals surface area contributed by atoms with E-state index in [2.05, 4.69) is 16.6 Å². The lowest BCUT2D eigenvalue weighted by atomic mass is 9.90. The van der Waals surface area contributed by atoms with Gasteiger partial charge in [0.15, 0.2) is 17.5 Å². The second-order valence-corrected chi connectivity index (χ2v) is 9.86. The van der Waals surface area contributed by atoms with Crippen LogP contribution in [0.2, 0.25) is 0 Å². The number of hydrogen-bond acceptors (Lipinski definition) is 1. The maximum atomic E-state index is 14.7. The second kappa shape index (κ2) is 12.8. The number of ether oxygens (including phenoxy) is 1. The van der Waals surface area contributed by atoms with Crippen molar-refractivity contribution in [2.75, 3.05) is 0 Å². The Balaban J connectivity index is 1.39. The van der Waals surface area contributed by atoms with Gasteiger partial charge >= 0.3 is 6.11 Å². The number of rotatable bonds is 8. The first-order valence-electron chi connectivity index (χ1n) is 13.1. The molecule has 0 radical (unpaired) electrons. The minimum atomic E-state index is -4.39. The van der Waals surface area contributed by atoms with E-state index in [9.17, 15) is 35.1 Å². The Morgan fingerprint density at radius 1 is 0.878 bits per heavy atom. The molecule has 2 aliphatic rings. The minimum absolute atomic E-state index is 0.129. The van der Waals surface area contributed by atoms with Crippen LogP contribution in [0.5, 0.6) is 0 Å². The van der Waals surface area contributed by atoms with Gasteiger partial charge in [0.05, 0.1) is 5.92 Å². The molecular formula is C32H26F8O. The van der Waals surface area contributed by atoms with Gasteiger partial charge in [0.2, 0.25) is 0 Å². The molecule has 1 nitrogen and oxygen atoms in total. The third-order valence-electron chi connectivity index (χ3n) is 6.80. The van der Waals surface area contributed by atoms with Gasteiger partial charge in [0.1, 0.15) is 28.8 Å². The largest absolute Gasteiger partial charge is 0.432 e. The number of allylic oxidation sites excluding steroid dienone is 7. The molecule has 0 aromatic heterocycles. The lowest BCUT2D eigenvalue weighted by Gasteiger charge is -2.22. The molecule has 2 atom stereocenters. The summed E-state index contributed by atoms with van der Waals surface area (Å²) >= 11 is 0. The summed E-state index contributed by atoms with van der Waals surface area (Å²) in [6, 6.07) is 3.55. The maximum Gasteiger partial charge on any atom is 0.432 e. The monoisotopic (exact) mass is 578 g/mol. The first-order valence-corrected chi connectivity index (χ1v) is 13.1. The lowest BCUT2D eigenvalue weighted by Crippen LogP contribution is -2.22. The van der Waals surface area contributed by atoms with Crippen LogP contribution < -0.4 is 0 Å². The number of aryl methyl sites for hydroxylation is 1. The third kappa shape index (κ3) is 7.29. The van der Waals surface area contributed by atoms with Crippen molar-refractivity contribution in [1.29, 1.82) is 0 Å². The van der Waals surface area contributed by atoms with Crippen LogP contribution in [0.1, 0.15) is 61.6 Å². The van der Waals surface area contributed by atoms with Gasteiger partial charge in [0, 0.05) is 17.6 Å². The molecule has 2 aromatic carbocycles. The molecule has 0 amide bonds. The number of hydrogen-bond donors (Lipinski definition) is 0. The molecule has 0 N–H and O–H groups in total. The smallest absolute Gasteiger partial charge is 0.429 e. The molecule has 4 rings (SSSR count). The zero-order valence-electron chi connectivity index (χ0n) is 22.0. The van der Waals surface area contributed by atoms with Crippen LogP contribution >= 0.6 is 0 Å². The topological polar surface area (TPSA) is 9.23 Å². The summed E-state index contributed by atoms with van der Waals surface area (Å²) in [5.41, 5.74) is -0.541. The van der Waals surface area contributed by atoms with Gasteiger partial charge in [0.25, 0.3) is 0 Å². The average Bonchev–Trinajstić information content (AvgIpc) is 2.90. The summed E-state index contributed by atoms with van der Waals surface area (Å²) < 4.78 is 118. The van der Waals surface area contributed by atoms with Crippen molar-refractivity contribution in [3.05, 3.63) is 118 Å². The quantitative estimate of drug-likeness (QED) is 0.131. The summed E-state index contributed by atoms with van der Waals surface area (Å²) in [5, 5.41) is 0. The predicted molar refractivity (Wildman–Crippen MR) is 139 cm³/mol. The molecular weight excluding hydrogens is 552 g/mol. The highest BCUT2D eigenvalue weighted by Gasteiger charge is 2.42. The van der Waals surface area contributed by atoms with E-state index in [1.165, 1.54) is 0 Å². The van der Waals surface area contributed by atoms with E-state index in [0.29, 0.717) is 30.9 Å². The van der Waals surface area contributed by atoms with E-state index in [1.54, 1.807) is 18.2 Å². The van der Waals surface area contributed by atoms with Crippen molar-refractivity contribution < 1.29 is 39.9 Å². The first-order chi connectivity index (χ1) is 19.5. The summed E-state index contributed by atoms with van der Waals surface area (Å²) in [6.45, 7) is 1.96. The van der Waals surface area contributed by atoms with Crippen molar-refractivity contribution in [1.82, 2.24) is 0 Å². The minimum Gasteiger partial charge on any atom is -0.429 e. The van der Waals surface area contributed by atoms with E-state index in [0.717, 1.165) is 43.2 Å². The Hall–Kier alpha value is -3.80. The standard InChI is InChI=1S/C32H26F8O/c1-2-3-4-5-20-14-26(34)30(27(35)15-20)32(39,40)41-24-13-12-22(25(33)18-24)11-8-19-6-9-21(10-7-19)23-16-28(36)31(38)29(37)17-23/h6-7,9,13-18,21-22H,2-5,10,12H2,1H3. The van der Waals surface area contributed by atoms with Crippen LogP contribution in [0, 0.1) is 46.8 Å². The van der Waals surface area contributed by atoms with Crippen LogP contribution in [0.25, 0.3) is 0 Å². The molecule has 0 saturated carbocycles. The Morgan fingerprint density at radius 2 is 1.56 bits per heavy atom. The van der Waals surface area contributed by atoms with Crippen LogP contribution in [0.4, 0.5) is 35.1 Å². The Bertz CT molecular complexity index is 1440. The number of benzene rings is 2. The summed E-state index contributed by atoms with van der Waals surface area (Å²) in [5.74, 6) is -4.39. The lowest BCUT2D eigenvalue weighted by molar-refractivity contribution is -0.225. The zero-order valence-corrected chi connectivity index (χ0v) is 22.0. The van der Waals surface area contributed by atoms with Gasteiger partial charge in [-0.1, -0.05) is 49.8 Å². The second-order valence-electron chi connectivity index (χ2n) is 9.86. The van der Waals surface area contributed by atoms with Crippen LogP contribution in [-0.4, -0.2) is 0 Å². The van der Waals surface area contributed by atoms with Crippen LogP contribution in [-0.2, 0) is 17.3 Å². The molecule has 41 heavy (non-hydrogen) atoms. The predicted octanol–water partition coefficient (Wildman–Crippen LogP) is 9.61. The van der Waals surface area contributed by atoms with Crippen molar-refractivity contribution in [2.24, 2.45) is 5.92 Å². The molecule has 2 aliphatic carbocycles. The summed E-state index contributed by atoms with van der Waals surface area (Å²) in [7, 11) is 0. The molecule has 0 aliphatic heterocycles. The molecule has 2 unspecified atom stereocenters. The molecule has 2 aromatic rings. The van der Waals surface area contributed by atoms with Crippen molar-refractivity contribution >= 4 is 0 Å². The fourth-order valence-electron chi connectivity index (χ4n) is 4.59. The first kappa shape index (κ1) is 30.2. The Labute approximate surface area is 232 Å². The van der Waals surface area contributed by atoms with Gasteiger partial charge in [-0.2, -0.15) is 8.78 Å². The highest BCUT2D eigenvalue weighted by atomic mass is 19.3. The van der Waals surface area contributed by atoms with E-state index in [-0.39, 0.29) is 17.5 Å². The summed E-state index contributed by atoms with van der Waals surface area (Å²) in [4.78, 5) is 0. The molecule has 216 valence electrons. The zero-order chi connectivity index (χ0) is 29.7. The SMILES string of the molecule is CCCCCc1cc(F)c(C(F)(F)OC2=CCC(C#CC3=CCC(c4cc(F)c(F)c(F)c4)C=C3)C(F)=C2)c(F)c1. The normalized spacial score (nSPS) is 18.7. The van der Waals surface area contributed by atoms with E-state index in [1.807, 2.05) is 6.92 Å². The van der Waals surface area contributed by atoms with E-state index >= 15 is 0 Å². The van der Waals surface area contributed by atoms with Crippen LogP contribution in [0.15, 0.2) is 71.8 Å². The molecule has 0 bridgehead atoms. The summed E-state index contributed by atoms with van der Waals surface area (Å²) in [6.07, 6.45) is 5.26. The van der Waals surface area contributed by atoms with Gasteiger partial charge < -0.3 is 4.74 Å². The molecule has 0 heterocycles. The Morgan fingerprint density at radius 3 is 2.15 bits per heavy atom. The van der Waals surface area contributed by atoms with Crippen molar-refractivity contribution in [3.63, 3.8) is 0 Å². The van der Waals surface area contributed by atoms with Crippen molar-refractivity contribution in [3.8, 4) is 11.8 Å². The molecule has 0 spiro atoms.